The lowest BCUT2D eigenvalue weighted by Crippen LogP contribution is -2.40. The Morgan fingerprint density at radius 1 is 1.00 bits per heavy atom. The van der Waals surface area contributed by atoms with Crippen LogP contribution in [-0.2, 0) is 0 Å². The van der Waals surface area contributed by atoms with E-state index in [-0.39, 0.29) is 12.5 Å². The molecule has 2 unspecified atom stereocenters. The lowest BCUT2D eigenvalue weighted by Gasteiger charge is -2.20. The Bertz CT molecular complexity index is 549. The highest BCUT2D eigenvalue weighted by atomic mass is 19.2. The fourth-order valence-corrected chi connectivity index (χ4v) is 2.55. The predicted molar refractivity (Wildman–Crippen MR) is 63.9 cm³/mol. The molecule has 0 radical (unpaired) electrons. The normalized spacial score (nSPS) is 21.6. The van der Waals surface area contributed by atoms with E-state index in [2.05, 4.69) is 5.32 Å². The summed E-state index contributed by atoms with van der Waals surface area (Å²) in [6.45, 7) is 0.266. The molecule has 1 aliphatic rings. The number of halogens is 5. The van der Waals surface area contributed by atoms with Gasteiger partial charge in [-0.05, 0) is 25.3 Å². The Kier molecular flexibility index (Phi) is 4.46. The van der Waals surface area contributed by atoms with Crippen LogP contribution < -0.4 is 11.1 Å². The molecule has 1 aromatic rings. The first-order chi connectivity index (χ1) is 9.88. The van der Waals surface area contributed by atoms with Gasteiger partial charge in [-0.2, -0.15) is 0 Å². The summed E-state index contributed by atoms with van der Waals surface area (Å²) in [6.07, 6.45) is 2.05. The Balaban J connectivity index is 2.32. The minimum absolute atomic E-state index is 0.0739. The third-order valence-electron chi connectivity index (χ3n) is 3.72. The third kappa shape index (κ3) is 2.72. The zero-order valence-electron chi connectivity index (χ0n) is 10.9. The molecular weight excluding hydrogens is 295 g/mol. The number of carbonyl (C=O) groups excluding carboxylic acids is 1. The Morgan fingerprint density at radius 3 is 2.05 bits per heavy atom. The van der Waals surface area contributed by atoms with Gasteiger partial charge in [0.1, 0.15) is 5.56 Å². The molecule has 0 spiro atoms. The van der Waals surface area contributed by atoms with Gasteiger partial charge < -0.3 is 11.1 Å². The molecule has 21 heavy (non-hydrogen) atoms. The minimum atomic E-state index is -2.29. The summed E-state index contributed by atoms with van der Waals surface area (Å²) in [4.78, 5) is 11.8. The van der Waals surface area contributed by atoms with Crippen LogP contribution in [0.5, 0.6) is 0 Å². The van der Waals surface area contributed by atoms with Crippen LogP contribution in [-0.4, -0.2) is 18.5 Å². The maximum absolute atomic E-state index is 13.5. The maximum Gasteiger partial charge on any atom is 0.257 e. The van der Waals surface area contributed by atoms with E-state index < -0.39 is 46.6 Å². The van der Waals surface area contributed by atoms with Crippen LogP contribution in [0, 0.1) is 35.0 Å². The summed E-state index contributed by atoms with van der Waals surface area (Å²) in [5, 5.41) is 2.30. The van der Waals surface area contributed by atoms with Crippen LogP contribution in [0.3, 0.4) is 0 Å². The molecule has 2 rings (SSSR count). The molecule has 0 aliphatic heterocycles. The number of rotatable bonds is 3. The molecule has 116 valence electrons. The van der Waals surface area contributed by atoms with Gasteiger partial charge in [-0.15, -0.1) is 0 Å². The first-order valence-electron chi connectivity index (χ1n) is 6.40. The van der Waals surface area contributed by atoms with Crippen molar-refractivity contribution in [3.8, 4) is 0 Å². The van der Waals surface area contributed by atoms with Crippen molar-refractivity contribution in [3.63, 3.8) is 0 Å². The number of hydrogen-bond donors (Lipinski definition) is 2. The summed E-state index contributed by atoms with van der Waals surface area (Å²) in [5.41, 5.74) is 4.03. The van der Waals surface area contributed by atoms with Crippen molar-refractivity contribution in [2.45, 2.75) is 25.3 Å². The van der Waals surface area contributed by atoms with Crippen molar-refractivity contribution in [3.05, 3.63) is 34.6 Å². The van der Waals surface area contributed by atoms with Gasteiger partial charge in [0.15, 0.2) is 23.3 Å². The molecule has 1 aromatic carbocycles. The van der Waals surface area contributed by atoms with Gasteiger partial charge in [-0.3, -0.25) is 4.79 Å². The number of nitrogens with two attached hydrogens (primary N) is 1. The van der Waals surface area contributed by atoms with Gasteiger partial charge in [0.2, 0.25) is 5.82 Å². The smallest absolute Gasteiger partial charge is 0.257 e. The summed E-state index contributed by atoms with van der Waals surface area (Å²) in [5.74, 6) is -12.2. The van der Waals surface area contributed by atoms with Crippen molar-refractivity contribution in [1.82, 2.24) is 5.32 Å². The number of hydrogen-bond acceptors (Lipinski definition) is 2. The van der Waals surface area contributed by atoms with Crippen molar-refractivity contribution in [1.29, 1.82) is 0 Å². The first kappa shape index (κ1) is 15.7. The maximum atomic E-state index is 13.5. The fourth-order valence-electron chi connectivity index (χ4n) is 2.55. The molecule has 1 saturated carbocycles. The molecule has 1 amide bonds. The molecule has 3 N–H and O–H groups in total. The average Bonchev–Trinajstić information content (AvgIpc) is 2.90. The highest BCUT2D eigenvalue weighted by molar-refractivity contribution is 5.95. The average molecular weight is 308 g/mol. The SMILES string of the molecule is NCC1CCCC1NC(=O)c1c(F)c(F)c(F)c(F)c1F. The molecule has 0 saturated heterocycles. The summed E-state index contributed by atoms with van der Waals surface area (Å²) in [7, 11) is 0. The van der Waals surface area contributed by atoms with E-state index in [1.807, 2.05) is 0 Å². The number of nitrogens with one attached hydrogen (secondary N) is 1. The van der Waals surface area contributed by atoms with Crippen LogP contribution in [0.1, 0.15) is 29.6 Å². The molecule has 3 nitrogen and oxygen atoms in total. The van der Waals surface area contributed by atoms with Crippen molar-refractivity contribution < 1.29 is 26.7 Å². The molecule has 1 aliphatic carbocycles. The molecule has 8 heteroatoms. The largest absolute Gasteiger partial charge is 0.349 e. The van der Waals surface area contributed by atoms with E-state index >= 15 is 0 Å². The van der Waals surface area contributed by atoms with Crippen LogP contribution >= 0.6 is 0 Å². The zero-order chi connectivity index (χ0) is 15.7. The molecule has 2 atom stereocenters. The number of carbonyl (C=O) groups is 1. The van der Waals surface area contributed by atoms with Crippen LogP contribution in [0.25, 0.3) is 0 Å². The standard InChI is InChI=1S/C13H13F5N2O/c14-8-7(9(15)11(17)12(18)10(8)16)13(21)20-6-3-1-2-5(6)4-19/h5-6H,1-4,19H2,(H,20,21). The van der Waals surface area contributed by atoms with Gasteiger partial charge >= 0.3 is 0 Å². The predicted octanol–water partition coefficient (Wildman–Crippen LogP) is 2.24. The van der Waals surface area contributed by atoms with Crippen LogP contribution in [0.4, 0.5) is 22.0 Å². The molecule has 1 fully saturated rings. The summed E-state index contributed by atoms with van der Waals surface area (Å²) >= 11 is 0. The second-order valence-corrected chi connectivity index (χ2v) is 4.95. The van der Waals surface area contributed by atoms with E-state index in [0.717, 1.165) is 12.8 Å². The van der Waals surface area contributed by atoms with E-state index in [0.29, 0.717) is 6.42 Å². The monoisotopic (exact) mass is 308 g/mol. The molecule has 0 heterocycles. The van der Waals surface area contributed by atoms with E-state index in [1.54, 1.807) is 0 Å². The summed E-state index contributed by atoms with van der Waals surface area (Å²) < 4.78 is 66.0. The number of benzene rings is 1. The third-order valence-corrected chi connectivity index (χ3v) is 3.72. The zero-order valence-corrected chi connectivity index (χ0v) is 10.9. The van der Waals surface area contributed by atoms with Crippen LogP contribution in [0.15, 0.2) is 0 Å². The van der Waals surface area contributed by atoms with Gasteiger partial charge in [-0.1, -0.05) is 6.42 Å². The number of amides is 1. The van der Waals surface area contributed by atoms with E-state index in [1.165, 1.54) is 0 Å². The second kappa shape index (κ2) is 5.97. The van der Waals surface area contributed by atoms with E-state index in [4.69, 9.17) is 5.73 Å². The molecule has 0 aromatic heterocycles. The van der Waals surface area contributed by atoms with Gasteiger partial charge in [0, 0.05) is 6.04 Å². The highest BCUT2D eigenvalue weighted by Crippen LogP contribution is 2.27. The lowest BCUT2D eigenvalue weighted by atomic mass is 10.0. The quantitative estimate of drug-likeness (QED) is 0.511. The van der Waals surface area contributed by atoms with Crippen molar-refractivity contribution >= 4 is 5.91 Å². The van der Waals surface area contributed by atoms with Crippen molar-refractivity contribution in [2.24, 2.45) is 11.7 Å². The van der Waals surface area contributed by atoms with Gasteiger partial charge in [-0.25, -0.2) is 22.0 Å². The van der Waals surface area contributed by atoms with Gasteiger partial charge in [0.25, 0.3) is 5.91 Å². The topological polar surface area (TPSA) is 55.1 Å². The van der Waals surface area contributed by atoms with E-state index in [9.17, 15) is 26.7 Å². The minimum Gasteiger partial charge on any atom is -0.349 e. The van der Waals surface area contributed by atoms with Crippen molar-refractivity contribution in [2.75, 3.05) is 6.54 Å². The summed E-state index contributed by atoms with van der Waals surface area (Å²) in [6, 6.07) is -0.433. The Hall–Kier alpha value is -1.70. The molecule has 0 bridgehead atoms. The second-order valence-electron chi connectivity index (χ2n) is 4.95. The fraction of sp³-hybridized carbons (Fsp3) is 0.462. The Labute approximate surface area is 117 Å². The molecular formula is C13H13F5N2O. The highest BCUT2D eigenvalue weighted by Gasteiger charge is 2.33. The first-order valence-corrected chi connectivity index (χ1v) is 6.40. The lowest BCUT2D eigenvalue weighted by molar-refractivity contribution is 0.0917. The Morgan fingerprint density at radius 2 is 1.52 bits per heavy atom. The van der Waals surface area contributed by atoms with Crippen LogP contribution in [0.2, 0.25) is 0 Å². The van der Waals surface area contributed by atoms with Gasteiger partial charge in [0.05, 0.1) is 0 Å².